The Morgan fingerprint density at radius 2 is 2.03 bits per heavy atom. The van der Waals surface area contributed by atoms with E-state index in [1.807, 2.05) is 7.05 Å². The van der Waals surface area contributed by atoms with E-state index in [9.17, 15) is 0 Å². The van der Waals surface area contributed by atoms with Crippen LogP contribution in [0, 0.1) is 6.92 Å². The molecule has 0 radical (unpaired) electrons. The van der Waals surface area contributed by atoms with Gasteiger partial charge in [-0.05, 0) is 57.1 Å². The second-order valence-electron chi connectivity index (χ2n) is 8.51. The van der Waals surface area contributed by atoms with Crippen molar-refractivity contribution in [2.45, 2.75) is 57.7 Å². The van der Waals surface area contributed by atoms with Gasteiger partial charge in [-0.15, -0.1) is 24.0 Å². The highest BCUT2D eigenvalue weighted by molar-refractivity contribution is 14.0. The summed E-state index contributed by atoms with van der Waals surface area (Å²) in [5, 5.41) is 4.89. The Morgan fingerprint density at radius 3 is 2.77 bits per heavy atom. The molecule has 0 spiro atoms. The minimum absolute atomic E-state index is 0. The lowest BCUT2D eigenvalue weighted by atomic mass is 10.1. The van der Waals surface area contributed by atoms with Crippen molar-refractivity contribution >= 4 is 40.8 Å². The van der Waals surface area contributed by atoms with E-state index >= 15 is 0 Å². The molecule has 2 fully saturated rings. The van der Waals surface area contributed by atoms with Crippen molar-refractivity contribution < 1.29 is 9.47 Å². The number of ether oxygens (including phenoxy) is 2. The van der Waals surface area contributed by atoms with Gasteiger partial charge >= 0.3 is 0 Å². The third kappa shape index (κ3) is 6.35. The van der Waals surface area contributed by atoms with Crippen LogP contribution in [0.3, 0.4) is 0 Å². The van der Waals surface area contributed by atoms with Crippen molar-refractivity contribution in [3.63, 3.8) is 0 Å². The van der Waals surface area contributed by atoms with Crippen molar-refractivity contribution in [3.05, 3.63) is 35.5 Å². The van der Waals surface area contributed by atoms with Gasteiger partial charge in [0.05, 0.1) is 18.8 Å². The summed E-state index contributed by atoms with van der Waals surface area (Å²) in [4.78, 5) is 10.4. The van der Waals surface area contributed by atoms with Crippen molar-refractivity contribution in [2.24, 2.45) is 4.99 Å². The quantitative estimate of drug-likeness (QED) is 0.327. The van der Waals surface area contributed by atoms with E-state index in [2.05, 4.69) is 51.4 Å². The SMILES string of the molecule is CN=C(NCCc1c(C)[nH]c2ccccc12)N1CCC(OCC2CCCCO2)CC1.I. The molecule has 1 unspecified atom stereocenters. The van der Waals surface area contributed by atoms with E-state index in [1.165, 1.54) is 35.0 Å². The fourth-order valence-electron chi connectivity index (χ4n) is 4.71. The summed E-state index contributed by atoms with van der Waals surface area (Å²) in [5.74, 6) is 1.00. The first-order valence-corrected chi connectivity index (χ1v) is 11.5. The Labute approximate surface area is 203 Å². The fourth-order valence-corrected chi connectivity index (χ4v) is 4.71. The van der Waals surface area contributed by atoms with Crippen LogP contribution in [0.25, 0.3) is 10.9 Å². The summed E-state index contributed by atoms with van der Waals surface area (Å²) >= 11 is 0. The lowest BCUT2D eigenvalue weighted by Gasteiger charge is -2.35. The number of aliphatic imine (C=N–C) groups is 1. The molecule has 0 saturated carbocycles. The summed E-state index contributed by atoms with van der Waals surface area (Å²) in [6, 6.07) is 8.53. The van der Waals surface area contributed by atoms with Crippen LogP contribution in [0.4, 0.5) is 0 Å². The maximum atomic E-state index is 6.15. The largest absolute Gasteiger partial charge is 0.376 e. The molecule has 7 heteroatoms. The fraction of sp³-hybridized carbons (Fsp3) is 0.625. The van der Waals surface area contributed by atoms with Gasteiger partial charge in [0.15, 0.2) is 5.96 Å². The van der Waals surface area contributed by atoms with Crippen LogP contribution in [0.1, 0.15) is 43.4 Å². The second-order valence-corrected chi connectivity index (χ2v) is 8.51. The molecule has 2 aliphatic rings. The lowest BCUT2D eigenvalue weighted by molar-refractivity contribution is -0.0721. The van der Waals surface area contributed by atoms with E-state index < -0.39 is 0 Å². The van der Waals surface area contributed by atoms with Gasteiger partial charge in [0, 0.05) is 49.9 Å². The van der Waals surface area contributed by atoms with Crippen LogP contribution in [-0.4, -0.2) is 67.9 Å². The Kier molecular flexibility index (Phi) is 9.47. The lowest BCUT2D eigenvalue weighted by Crippen LogP contribution is -2.47. The molecule has 2 aliphatic heterocycles. The Bertz CT molecular complexity index is 839. The number of fused-ring (bicyclic) bond motifs is 1. The summed E-state index contributed by atoms with van der Waals surface area (Å²) in [7, 11) is 1.88. The summed E-state index contributed by atoms with van der Waals surface area (Å²) in [5.41, 5.74) is 3.87. The van der Waals surface area contributed by atoms with Gasteiger partial charge in [-0.3, -0.25) is 4.99 Å². The molecule has 172 valence electrons. The van der Waals surface area contributed by atoms with E-state index in [4.69, 9.17) is 9.47 Å². The molecule has 4 rings (SSSR count). The van der Waals surface area contributed by atoms with Crippen molar-refractivity contribution in [1.29, 1.82) is 0 Å². The van der Waals surface area contributed by atoms with Crippen molar-refractivity contribution in [3.8, 4) is 0 Å². The molecule has 2 N–H and O–H groups in total. The molecular formula is C24H37IN4O2. The molecule has 0 aliphatic carbocycles. The number of hydrogen-bond acceptors (Lipinski definition) is 3. The maximum Gasteiger partial charge on any atom is 0.193 e. The zero-order chi connectivity index (χ0) is 20.8. The number of benzene rings is 1. The highest BCUT2D eigenvalue weighted by atomic mass is 127. The Hall–Kier alpha value is -1.32. The number of rotatable bonds is 6. The average Bonchev–Trinajstić information content (AvgIpc) is 3.11. The molecule has 1 atom stereocenters. The standard InChI is InChI=1S/C24H36N4O2.HI/c1-18-21(22-8-3-4-9-23(22)27-18)10-13-26-24(25-2)28-14-11-19(12-15-28)30-17-20-7-5-6-16-29-20;/h3-4,8-9,19-20,27H,5-7,10-17H2,1-2H3,(H,25,26);1H. The van der Waals surface area contributed by atoms with Gasteiger partial charge in [0.2, 0.25) is 0 Å². The first kappa shape index (κ1) is 24.3. The van der Waals surface area contributed by atoms with Crippen LogP contribution >= 0.6 is 24.0 Å². The number of nitrogens with zero attached hydrogens (tertiary/aromatic N) is 2. The number of guanidine groups is 1. The topological polar surface area (TPSA) is 61.9 Å². The molecule has 1 aromatic heterocycles. The van der Waals surface area contributed by atoms with E-state index in [0.717, 1.165) is 64.5 Å². The molecule has 0 bridgehead atoms. The highest BCUT2D eigenvalue weighted by Gasteiger charge is 2.23. The number of hydrogen-bond donors (Lipinski definition) is 2. The average molecular weight is 540 g/mol. The zero-order valence-corrected chi connectivity index (χ0v) is 21.2. The van der Waals surface area contributed by atoms with Gasteiger partial charge in [-0.1, -0.05) is 18.2 Å². The second kappa shape index (κ2) is 12.1. The number of aromatic nitrogens is 1. The molecular weight excluding hydrogens is 503 g/mol. The molecule has 2 saturated heterocycles. The predicted octanol–water partition coefficient (Wildman–Crippen LogP) is 4.26. The number of nitrogens with one attached hydrogen (secondary N) is 2. The molecule has 6 nitrogen and oxygen atoms in total. The van der Waals surface area contributed by atoms with Gasteiger partial charge in [-0.2, -0.15) is 0 Å². The first-order valence-electron chi connectivity index (χ1n) is 11.5. The number of H-pyrrole nitrogens is 1. The van der Waals surface area contributed by atoms with E-state index in [0.29, 0.717) is 12.2 Å². The molecule has 2 aromatic rings. The third-order valence-electron chi connectivity index (χ3n) is 6.43. The monoisotopic (exact) mass is 540 g/mol. The Morgan fingerprint density at radius 1 is 1.23 bits per heavy atom. The van der Waals surface area contributed by atoms with E-state index in [1.54, 1.807) is 0 Å². The van der Waals surface area contributed by atoms with Crippen molar-refractivity contribution in [2.75, 3.05) is 39.9 Å². The summed E-state index contributed by atoms with van der Waals surface area (Å²) in [6.45, 7) is 6.66. The van der Waals surface area contributed by atoms with E-state index in [-0.39, 0.29) is 24.0 Å². The number of aryl methyl sites for hydroxylation is 1. The number of halogens is 1. The summed E-state index contributed by atoms with van der Waals surface area (Å²) in [6.07, 6.45) is 7.34. The number of para-hydroxylation sites is 1. The van der Waals surface area contributed by atoms with Crippen LogP contribution in [0.5, 0.6) is 0 Å². The van der Waals surface area contributed by atoms with Gasteiger partial charge in [0.1, 0.15) is 0 Å². The third-order valence-corrected chi connectivity index (χ3v) is 6.43. The molecule has 0 amide bonds. The smallest absolute Gasteiger partial charge is 0.193 e. The number of aromatic amines is 1. The number of piperidine rings is 1. The molecule has 31 heavy (non-hydrogen) atoms. The minimum atomic E-state index is 0. The molecule has 1 aromatic carbocycles. The minimum Gasteiger partial charge on any atom is -0.376 e. The number of likely N-dealkylation sites (tertiary alicyclic amines) is 1. The van der Waals surface area contributed by atoms with Crippen molar-refractivity contribution in [1.82, 2.24) is 15.2 Å². The van der Waals surface area contributed by atoms with Crippen LogP contribution in [0.2, 0.25) is 0 Å². The van der Waals surface area contributed by atoms with Crippen LogP contribution in [-0.2, 0) is 15.9 Å². The van der Waals surface area contributed by atoms with Crippen LogP contribution in [0.15, 0.2) is 29.3 Å². The normalized spacial score (nSPS) is 20.6. The first-order chi connectivity index (χ1) is 14.7. The zero-order valence-electron chi connectivity index (χ0n) is 18.9. The van der Waals surface area contributed by atoms with Gasteiger partial charge in [-0.25, -0.2) is 0 Å². The van der Waals surface area contributed by atoms with Crippen LogP contribution < -0.4 is 5.32 Å². The summed E-state index contributed by atoms with van der Waals surface area (Å²) < 4.78 is 11.9. The van der Waals surface area contributed by atoms with Gasteiger partial charge < -0.3 is 24.7 Å². The molecule has 3 heterocycles. The Balaban J connectivity index is 0.00000272. The van der Waals surface area contributed by atoms with Gasteiger partial charge in [0.25, 0.3) is 0 Å². The maximum absolute atomic E-state index is 6.15. The highest BCUT2D eigenvalue weighted by Crippen LogP contribution is 2.22. The predicted molar refractivity (Wildman–Crippen MR) is 138 cm³/mol.